The zero-order chi connectivity index (χ0) is 16.1. The fraction of sp³-hybridized carbons (Fsp3) is 0.308. The topological polar surface area (TPSA) is 116 Å². The zero-order valence-electron chi connectivity index (χ0n) is 12.1. The first-order valence-electron chi connectivity index (χ1n) is 6.60. The molecule has 116 valence electrons. The fourth-order valence-corrected chi connectivity index (χ4v) is 1.72. The number of nitro groups is 1. The van der Waals surface area contributed by atoms with E-state index in [1.807, 2.05) is 13.8 Å². The Morgan fingerprint density at radius 3 is 2.68 bits per heavy atom. The summed E-state index contributed by atoms with van der Waals surface area (Å²) in [5.74, 6) is -0.354. The van der Waals surface area contributed by atoms with Gasteiger partial charge in [-0.2, -0.15) is 4.98 Å². The molecule has 0 fully saturated rings. The van der Waals surface area contributed by atoms with Crippen LogP contribution in [0.25, 0.3) is 12.2 Å². The minimum absolute atomic E-state index is 0.103. The molecule has 0 aromatic carbocycles. The highest BCUT2D eigenvalue weighted by molar-refractivity contribution is 5.89. The number of hydrogen-bond donors (Lipinski definition) is 0. The molecule has 0 atom stereocenters. The van der Waals surface area contributed by atoms with Crippen molar-refractivity contribution in [1.29, 1.82) is 0 Å². The monoisotopic (exact) mass is 306 g/mol. The third-order valence-corrected chi connectivity index (χ3v) is 2.86. The molecule has 0 saturated carbocycles. The van der Waals surface area contributed by atoms with Gasteiger partial charge in [0, 0.05) is 13.1 Å². The van der Waals surface area contributed by atoms with E-state index in [2.05, 4.69) is 10.1 Å². The lowest BCUT2D eigenvalue weighted by Crippen LogP contribution is -2.30. The third kappa shape index (κ3) is 3.37. The Hall–Kier alpha value is -2.97. The van der Waals surface area contributed by atoms with Gasteiger partial charge in [-0.05, 0) is 32.1 Å². The summed E-state index contributed by atoms with van der Waals surface area (Å²) in [5, 5.41) is 14.1. The third-order valence-electron chi connectivity index (χ3n) is 2.86. The summed E-state index contributed by atoms with van der Waals surface area (Å²) in [4.78, 5) is 27.4. The van der Waals surface area contributed by atoms with Gasteiger partial charge in [0.15, 0.2) is 5.82 Å². The van der Waals surface area contributed by atoms with E-state index >= 15 is 0 Å². The molecule has 0 aliphatic rings. The van der Waals surface area contributed by atoms with Gasteiger partial charge >= 0.3 is 17.7 Å². The summed E-state index contributed by atoms with van der Waals surface area (Å²) in [5.41, 5.74) is 0. The molecule has 0 bridgehead atoms. The lowest BCUT2D eigenvalue weighted by atomic mass is 10.4. The maximum absolute atomic E-state index is 12.0. The van der Waals surface area contributed by atoms with Gasteiger partial charge in [0.25, 0.3) is 0 Å². The highest BCUT2D eigenvalue weighted by atomic mass is 16.6. The molecule has 0 aliphatic heterocycles. The van der Waals surface area contributed by atoms with E-state index in [1.165, 1.54) is 24.3 Å². The molecule has 0 spiro atoms. The van der Waals surface area contributed by atoms with E-state index in [1.54, 1.807) is 4.90 Å². The van der Waals surface area contributed by atoms with Crippen LogP contribution in [-0.2, 0) is 0 Å². The van der Waals surface area contributed by atoms with Gasteiger partial charge in [-0.1, -0.05) is 5.16 Å². The molecule has 1 amide bonds. The van der Waals surface area contributed by atoms with Crippen LogP contribution in [0.15, 0.2) is 21.1 Å². The van der Waals surface area contributed by atoms with Gasteiger partial charge in [0.2, 0.25) is 0 Å². The standard InChI is InChI=1S/C13H14N4O5/c1-3-16(4-2)13(18)12-14-10(15-22-12)7-5-9-6-8-11(21-9)17(19)20/h5-8H,3-4H2,1-2H3/b7-5+. The lowest BCUT2D eigenvalue weighted by Gasteiger charge is -2.15. The van der Waals surface area contributed by atoms with Gasteiger partial charge in [-0.15, -0.1) is 0 Å². The van der Waals surface area contributed by atoms with E-state index in [4.69, 9.17) is 8.94 Å². The van der Waals surface area contributed by atoms with Crippen molar-refractivity contribution in [2.75, 3.05) is 13.1 Å². The average molecular weight is 306 g/mol. The number of amides is 1. The van der Waals surface area contributed by atoms with Crippen molar-refractivity contribution < 1.29 is 18.7 Å². The molecule has 0 N–H and O–H groups in total. The molecule has 0 radical (unpaired) electrons. The van der Waals surface area contributed by atoms with Crippen LogP contribution in [0, 0.1) is 10.1 Å². The summed E-state index contributed by atoms with van der Waals surface area (Å²) in [7, 11) is 0. The van der Waals surface area contributed by atoms with Crippen molar-refractivity contribution in [2.45, 2.75) is 13.8 Å². The molecule has 0 saturated heterocycles. The quantitative estimate of drug-likeness (QED) is 0.593. The number of furan rings is 1. The van der Waals surface area contributed by atoms with E-state index in [0.717, 1.165) is 0 Å². The van der Waals surface area contributed by atoms with Crippen LogP contribution in [0.2, 0.25) is 0 Å². The predicted molar refractivity (Wildman–Crippen MR) is 75.8 cm³/mol. The van der Waals surface area contributed by atoms with Crippen LogP contribution in [0.4, 0.5) is 5.88 Å². The number of hydrogen-bond acceptors (Lipinski definition) is 7. The van der Waals surface area contributed by atoms with Crippen LogP contribution < -0.4 is 0 Å². The summed E-state index contributed by atoms with van der Waals surface area (Å²) in [6, 6.07) is 2.68. The van der Waals surface area contributed by atoms with Crippen LogP contribution in [0.3, 0.4) is 0 Å². The molecule has 2 aromatic rings. The second kappa shape index (κ2) is 6.66. The minimum Gasteiger partial charge on any atom is -0.401 e. The van der Waals surface area contributed by atoms with Gasteiger partial charge in [0.1, 0.15) is 10.7 Å². The van der Waals surface area contributed by atoms with Crippen LogP contribution in [0.1, 0.15) is 36.1 Å². The van der Waals surface area contributed by atoms with Gasteiger partial charge < -0.3 is 13.8 Å². The Morgan fingerprint density at radius 2 is 2.09 bits per heavy atom. The fourth-order valence-electron chi connectivity index (χ4n) is 1.72. The zero-order valence-corrected chi connectivity index (χ0v) is 12.1. The van der Waals surface area contributed by atoms with Gasteiger partial charge in [0.05, 0.1) is 6.07 Å². The van der Waals surface area contributed by atoms with E-state index in [9.17, 15) is 14.9 Å². The lowest BCUT2D eigenvalue weighted by molar-refractivity contribution is -0.402. The summed E-state index contributed by atoms with van der Waals surface area (Å²) < 4.78 is 9.85. The van der Waals surface area contributed by atoms with Crippen LogP contribution in [-0.4, -0.2) is 39.0 Å². The Bertz CT molecular complexity index is 699. The molecule has 9 heteroatoms. The molecule has 2 heterocycles. The SMILES string of the molecule is CCN(CC)C(=O)c1nc(/C=C/c2ccc([N+](=O)[O-])o2)no1. The Kier molecular flexibility index (Phi) is 4.66. The first-order valence-corrected chi connectivity index (χ1v) is 6.60. The van der Waals surface area contributed by atoms with Crippen LogP contribution in [0.5, 0.6) is 0 Å². The van der Waals surface area contributed by atoms with Gasteiger partial charge in [-0.25, -0.2) is 0 Å². The van der Waals surface area contributed by atoms with Crippen molar-refractivity contribution in [2.24, 2.45) is 0 Å². The molecule has 22 heavy (non-hydrogen) atoms. The number of rotatable bonds is 6. The Labute approximate surface area is 125 Å². The van der Waals surface area contributed by atoms with Crippen LogP contribution >= 0.6 is 0 Å². The van der Waals surface area contributed by atoms with Crippen molar-refractivity contribution in [3.63, 3.8) is 0 Å². The highest BCUT2D eigenvalue weighted by Crippen LogP contribution is 2.17. The largest absolute Gasteiger partial charge is 0.433 e. The second-order valence-electron chi connectivity index (χ2n) is 4.20. The molecule has 2 aromatic heterocycles. The van der Waals surface area contributed by atoms with Crippen molar-refractivity contribution in [3.8, 4) is 0 Å². The molecule has 0 unspecified atom stereocenters. The summed E-state index contributed by atoms with van der Waals surface area (Å²) >= 11 is 0. The van der Waals surface area contributed by atoms with Gasteiger partial charge in [-0.3, -0.25) is 14.9 Å². The predicted octanol–water partition coefficient (Wildman–Crippen LogP) is 2.22. The number of carbonyl (C=O) groups excluding carboxylic acids is 1. The minimum atomic E-state index is -0.632. The smallest absolute Gasteiger partial charge is 0.401 e. The van der Waals surface area contributed by atoms with E-state index in [0.29, 0.717) is 13.1 Å². The second-order valence-corrected chi connectivity index (χ2v) is 4.20. The van der Waals surface area contributed by atoms with Crippen molar-refractivity contribution >= 4 is 23.9 Å². The van der Waals surface area contributed by atoms with E-state index in [-0.39, 0.29) is 29.3 Å². The molecular formula is C13H14N4O5. The maximum Gasteiger partial charge on any atom is 0.433 e. The first kappa shape index (κ1) is 15.4. The molecular weight excluding hydrogens is 292 g/mol. The van der Waals surface area contributed by atoms with Crippen molar-refractivity contribution in [3.05, 3.63) is 39.7 Å². The number of nitrogens with zero attached hydrogens (tertiary/aromatic N) is 4. The van der Waals surface area contributed by atoms with E-state index < -0.39 is 4.92 Å². The maximum atomic E-state index is 12.0. The van der Waals surface area contributed by atoms with Crippen molar-refractivity contribution in [1.82, 2.24) is 15.0 Å². The number of aromatic nitrogens is 2. The number of carbonyl (C=O) groups is 1. The molecule has 2 rings (SSSR count). The summed E-state index contributed by atoms with van der Waals surface area (Å²) in [6.45, 7) is 4.78. The Balaban J connectivity index is 2.09. The summed E-state index contributed by atoms with van der Waals surface area (Å²) in [6.07, 6.45) is 2.88. The molecule has 0 aliphatic carbocycles. The first-order chi connectivity index (χ1) is 10.5. The normalized spacial score (nSPS) is 11.0. The Morgan fingerprint density at radius 1 is 1.36 bits per heavy atom. The molecule has 9 nitrogen and oxygen atoms in total. The average Bonchev–Trinajstić information content (AvgIpc) is 3.15. The highest BCUT2D eigenvalue weighted by Gasteiger charge is 2.19.